The van der Waals surface area contributed by atoms with Gasteiger partial charge in [0.25, 0.3) is 0 Å². The van der Waals surface area contributed by atoms with Crippen LogP contribution in [0.1, 0.15) is 13.8 Å². The molecule has 0 fully saturated rings. The van der Waals surface area contributed by atoms with Gasteiger partial charge >= 0.3 is 0 Å². The molecule has 0 atom stereocenters. The quantitative estimate of drug-likeness (QED) is 0.737. The summed E-state index contributed by atoms with van der Waals surface area (Å²) in [6.45, 7) is 6.40. The predicted octanol–water partition coefficient (Wildman–Crippen LogP) is 4.21. The summed E-state index contributed by atoms with van der Waals surface area (Å²) in [6.07, 6.45) is 0. The zero-order valence-electron chi connectivity index (χ0n) is 12.7. The lowest BCUT2D eigenvalue weighted by Crippen LogP contribution is -2.11. The lowest BCUT2D eigenvalue weighted by Gasteiger charge is -2.11. The van der Waals surface area contributed by atoms with Gasteiger partial charge in [0.1, 0.15) is 18.1 Å². The molecular weight excluding hydrogens is 262 g/mol. The Balaban J connectivity index is 1.74. The highest BCUT2D eigenvalue weighted by molar-refractivity contribution is 5.48. The van der Waals surface area contributed by atoms with Gasteiger partial charge in [-0.3, -0.25) is 0 Å². The van der Waals surface area contributed by atoms with Crippen LogP contribution in [0.15, 0.2) is 54.6 Å². The number of hydrogen-bond acceptors (Lipinski definition) is 3. The van der Waals surface area contributed by atoms with Gasteiger partial charge < -0.3 is 14.8 Å². The summed E-state index contributed by atoms with van der Waals surface area (Å²) in [5, 5.41) is 3.34. The van der Waals surface area contributed by atoms with E-state index in [-0.39, 0.29) is 0 Å². The van der Waals surface area contributed by atoms with Crippen molar-refractivity contribution in [3.05, 3.63) is 54.6 Å². The highest BCUT2D eigenvalue weighted by Gasteiger charge is 1.99. The average molecular weight is 285 g/mol. The predicted molar refractivity (Wildman–Crippen MR) is 87.2 cm³/mol. The largest absolute Gasteiger partial charge is 0.493 e. The van der Waals surface area contributed by atoms with E-state index in [1.54, 1.807) is 0 Å². The van der Waals surface area contributed by atoms with Gasteiger partial charge in [-0.1, -0.05) is 38.1 Å². The fraction of sp³-hybridized carbons (Fsp3) is 0.333. The molecule has 0 aromatic heterocycles. The smallest absolute Gasteiger partial charge is 0.121 e. The summed E-state index contributed by atoms with van der Waals surface area (Å²) in [6, 6.07) is 17.9. The molecule has 0 bridgehead atoms. The van der Waals surface area contributed by atoms with Crippen LogP contribution in [0, 0.1) is 5.92 Å². The molecule has 0 heterocycles. The van der Waals surface area contributed by atoms with E-state index in [0.717, 1.165) is 30.3 Å². The van der Waals surface area contributed by atoms with Crippen molar-refractivity contribution in [3.8, 4) is 11.5 Å². The van der Waals surface area contributed by atoms with Gasteiger partial charge in [0.05, 0.1) is 6.61 Å². The standard InChI is InChI=1S/C18H23NO2/c1-15(2)14-21-18-10-6-7-16(13-18)19-11-12-20-17-8-4-3-5-9-17/h3-10,13,15,19H,11-12,14H2,1-2H3. The topological polar surface area (TPSA) is 30.5 Å². The summed E-state index contributed by atoms with van der Waals surface area (Å²) >= 11 is 0. The first-order chi connectivity index (χ1) is 10.2. The first-order valence-corrected chi connectivity index (χ1v) is 7.38. The number of hydrogen-bond donors (Lipinski definition) is 1. The van der Waals surface area contributed by atoms with E-state index in [1.165, 1.54) is 0 Å². The van der Waals surface area contributed by atoms with Crippen molar-refractivity contribution in [1.82, 2.24) is 0 Å². The van der Waals surface area contributed by atoms with E-state index >= 15 is 0 Å². The molecule has 0 saturated heterocycles. The van der Waals surface area contributed by atoms with E-state index < -0.39 is 0 Å². The number of nitrogens with one attached hydrogen (secondary N) is 1. The Hall–Kier alpha value is -2.16. The maximum atomic E-state index is 5.71. The number of benzene rings is 2. The molecule has 0 amide bonds. The Morgan fingerprint density at radius 2 is 1.67 bits per heavy atom. The van der Waals surface area contributed by atoms with Gasteiger partial charge in [-0.2, -0.15) is 0 Å². The molecule has 0 unspecified atom stereocenters. The second-order valence-electron chi connectivity index (χ2n) is 5.32. The third-order valence-electron chi connectivity index (χ3n) is 2.86. The van der Waals surface area contributed by atoms with E-state index in [2.05, 4.69) is 19.2 Å². The summed E-state index contributed by atoms with van der Waals surface area (Å²) in [5.74, 6) is 2.33. The Morgan fingerprint density at radius 3 is 2.43 bits per heavy atom. The fourth-order valence-corrected chi connectivity index (χ4v) is 1.84. The summed E-state index contributed by atoms with van der Waals surface area (Å²) < 4.78 is 11.4. The number of para-hydroxylation sites is 1. The van der Waals surface area contributed by atoms with Crippen molar-refractivity contribution in [1.29, 1.82) is 0 Å². The van der Waals surface area contributed by atoms with Crippen molar-refractivity contribution in [2.24, 2.45) is 5.92 Å². The van der Waals surface area contributed by atoms with Gasteiger partial charge in [-0.15, -0.1) is 0 Å². The van der Waals surface area contributed by atoms with E-state index in [9.17, 15) is 0 Å². The Morgan fingerprint density at radius 1 is 0.905 bits per heavy atom. The lowest BCUT2D eigenvalue weighted by atomic mass is 10.2. The van der Waals surface area contributed by atoms with Crippen molar-refractivity contribution in [3.63, 3.8) is 0 Å². The monoisotopic (exact) mass is 285 g/mol. The van der Waals surface area contributed by atoms with E-state index in [4.69, 9.17) is 9.47 Å². The highest BCUT2D eigenvalue weighted by Crippen LogP contribution is 2.18. The van der Waals surface area contributed by atoms with Crippen LogP contribution in [0.5, 0.6) is 11.5 Å². The first-order valence-electron chi connectivity index (χ1n) is 7.38. The number of rotatable bonds is 8. The van der Waals surface area contributed by atoms with Crippen LogP contribution < -0.4 is 14.8 Å². The van der Waals surface area contributed by atoms with Gasteiger partial charge in [-0.05, 0) is 30.2 Å². The molecule has 0 spiro atoms. The molecule has 1 N–H and O–H groups in total. The molecule has 3 nitrogen and oxygen atoms in total. The molecule has 2 aromatic carbocycles. The van der Waals surface area contributed by atoms with Crippen LogP contribution in [0.3, 0.4) is 0 Å². The molecule has 21 heavy (non-hydrogen) atoms. The van der Waals surface area contributed by atoms with Gasteiger partial charge in [-0.25, -0.2) is 0 Å². The van der Waals surface area contributed by atoms with E-state index in [0.29, 0.717) is 12.5 Å². The molecule has 2 rings (SSSR count). The second-order valence-corrected chi connectivity index (χ2v) is 5.32. The Labute approximate surface area is 126 Å². The zero-order chi connectivity index (χ0) is 14.9. The molecule has 0 aliphatic carbocycles. The summed E-state index contributed by atoms with van der Waals surface area (Å²) in [4.78, 5) is 0. The highest BCUT2D eigenvalue weighted by atomic mass is 16.5. The molecule has 112 valence electrons. The Bertz CT molecular complexity index is 526. The van der Waals surface area contributed by atoms with Crippen LogP contribution in [-0.2, 0) is 0 Å². The van der Waals surface area contributed by atoms with Crippen LogP contribution in [0.2, 0.25) is 0 Å². The molecule has 0 saturated carbocycles. The molecule has 0 radical (unpaired) electrons. The average Bonchev–Trinajstić information content (AvgIpc) is 2.51. The SMILES string of the molecule is CC(C)COc1cccc(NCCOc2ccccc2)c1. The van der Waals surface area contributed by atoms with Gasteiger partial charge in [0, 0.05) is 18.3 Å². The normalized spacial score (nSPS) is 10.4. The van der Waals surface area contributed by atoms with Crippen molar-refractivity contribution < 1.29 is 9.47 Å². The first kappa shape index (κ1) is 15.2. The molecule has 0 aliphatic heterocycles. The second kappa shape index (κ2) is 8.20. The van der Waals surface area contributed by atoms with Crippen molar-refractivity contribution >= 4 is 5.69 Å². The maximum Gasteiger partial charge on any atom is 0.121 e. The maximum absolute atomic E-state index is 5.71. The van der Waals surface area contributed by atoms with Gasteiger partial charge in [0.15, 0.2) is 0 Å². The third kappa shape index (κ3) is 5.78. The van der Waals surface area contributed by atoms with E-state index in [1.807, 2.05) is 54.6 Å². The van der Waals surface area contributed by atoms with Crippen LogP contribution in [0.4, 0.5) is 5.69 Å². The molecule has 0 aliphatic rings. The third-order valence-corrected chi connectivity index (χ3v) is 2.86. The number of ether oxygens (including phenoxy) is 2. The zero-order valence-corrected chi connectivity index (χ0v) is 12.7. The van der Waals surface area contributed by atoms with Crippen LogP contribution in [-0.4, -0.2) is 19.8 Å². The molecule has 2 aromatic rings. The number of anilines is 1. The molecule has 3 heteroatoms. The van der Waals surface area contributed by atoms with Crippen molar-refractivity contribution in [2.75, 3.05) is 25.1 Å². The summed E-state index contributed by atoms with van der Waals surface area (Å²) in [5.41, 5.74) is 1.05. The minimum atomic E-state index is 0.529. The minimum absolute atomic E-state index is 0.529. The minimum Gasteiger partial charge on any atom is -0.493 e. The Kier molecular flexibility index (Phi) is 5.95. The lowest BCUT2D eigenvalue weighted by molar-refractivity contribution is 0.271. The fourth-order valence-electron chi connectivity index (χ4n) is 1.84. The van der Waals surface area contributed by atoms with Crippen molar-refractivity contribution in [2.45, 2.75) is 13.8 Å². The van der Waals surface area contributed by atoms with Crippen LogP contribution in [0.25, 0.3) is 0 Å². The van der Waals surface area contributed by atoms with Crippen LogP contribution >= 0.6 is 0 Å². The molecular formula is C18H23NO2. The summed E-state index contributed by atoms with van der Waals surface area (Å²) in [7, 11) is 0. The van der Waals surface area contributed by atoms with Gasteiger partial charge in [0.2, 0.25) is 0 Å².